The summed E-state index contributed by atoms with van der Waals surface area (Å²) in [5, 5.41) is 8.64. The molecule has 0 fully saturated rings. The Hall–Kier alpha value is -0.960. The molecular weight excluding hydrogens is 186 g/mol. The van der Waals surface area contributed by atoms with Crippen molar-refractivity contribution in [2.45, 2.75) is 25.2 Å². The second-order valence-corrected chi connectivity index (χ2v) is 3.85. The number of benzene rings is 1. The minimum atomic E-state index is -3.10. The van der Waals surface area contributed by atoms with E-state index in [4.69, 9.17) is 5.11 Å². The lowest BCUT2D eigenvalue weighted by Gasteiger charge is -2.33. The van der Waals surface area contributed by atoms with Crippen molar-refractivity contribution >= 4 is 0 Å². The summed E-state index contributed by atoms with van der Waals surface area (Å²) < 4.78 is 26.7. The highest BCUT2D eigenvalue weighted by atomic mass is 19.3. The summed E-state index contributed by atoms with van der Waals surface area (Å²) in [6.45, 7) is 1.73. The zero-order chi connectivity index (χ0) is 10.8. The standard InChI is InChI=1S/C11H14F2O/c1-10(2,11(12,13)8-14)9-6-4-3-5-7-9/h3-7,14H,8H2,1-2H3. The fraction of sp³-hybridized carbons (Fsp3) is 0.455. The van der Waals surface area contributed by atoms with E-state index in [1.807, 2.05) is 0 Å². The molecule has 1 N–H and O–H groups in total. The monoisotopic (exact) mass is 200 g/mol. The van der Waals surface area contributed by atoms with E-state index in [9.17, 15) is 8.78 Å². The lowest BCUT2D eigenvalue weighted by Crippen LogP contribution is -2.43. The number of rotatable bonds is 3. The fourth-order valence-electron chi connectivity index (χ4n) is 1.26. The van der Waals surface area contributed by atoms with E-state index < -0.39 is 17.9 Å². The van der Waals surface area contributed by atoms with Crippen LogP contribution in [0.4, 0.5) is 8.78 Å². The summed E-state index contributed by atoms with van der Waals surface area (Å²) in [4.78, 5) is 0. The van der Waals surface area contributed by atoms with Crippen molar-refractivity contribution in [3.8, 4) is 0 Å². The molecule has 0 aliphatic rings. The van der Waals surface area contributed by atoms with Crippen molar-refractivity contribution in [2.75, 3.05) is 6.61 Å². The number of aliphatic hydroxyl groups excluding tert-OH is 1. The Morgan fingerprint density at radius 3 is 2.07 bits per heavy atom. The number of alkyl halides is 2. The van der Waals surface area contributed by atoms with Crippen molar-refractivity contribution in [2.24, 2.45) is 0 Å². The van der Waals surface area contributed by atoms with Gasteiger partial charge in [-0.25, -0.2) is 8.78 Å². The van der Waals surface area contributed by atoms with Gasteiger partial charge in [-0.05, 0) is 19.4 Å². The molecule has 1 rings (SSSR count). The average Bonchev–Trinajstić information content (AvgIpc) is 2.19. The first kappa shape index (κ1) is 11.1. The van der Waals surface area contributed by atoms with E-state index in [-0.39, 0.29) is 0 Å². The molecule has 0 aromatic heterocycles. The van der Waals surface area contributed by atoms with Crippen molar-refractivity contribution in [1.29, 1.82) is 0 Å². The Balaban J connectivity index is 3.08. The Morgan fingerprint density at radius 2 is 1.64 bits per heavy atom. The minimum absolute atomic E-state index is 0.527. The van der Waals surface area contributed by atoms with E-state index in [1.165, 1.54) is 13.8 Å². The van der Waals surface area contributed by atoms with Crippen LogP contribution in [-0.4, -0.2) is 17.6 Å². The molecule has 0 unspecified atom stereocenters. The summed E-state index contributed by atoms with van der Waals surface area (Å²) in [6.07, 6.45) is 0. The van der Waals surface area contributed by atoms with Crippen LogP contribution in [0, 0.1) is 0 Å². The topological polar surface area (TPSA) is 20.2 Å². The molecule has 1 nitrogen and oxygen atoms in total. The lowest BCUT2D eigenvalue weighted by molar-refractivity contribution is -0.103. The first-order valence-electron chi connectivity index (χ1n) is 4.46. The maximum absolute atomic E-state index is 13.4. The smallest absolute Gasteiger partial charge is 0.279 e. The lowest BCUT2D eigenvalue weighted by atomic mass is 9.79. The second-order valence-electron chi connectivity index (χ2n) is 3.85. The average molecular weight is 200 g/mol. The van der Waals surface area contributed by atoms with Crippen LogP contribution in [0.15, 0.2) is 30.3 Å². The van der Waals surface area contributed by atoms with Gasteiger partial charge in [-0.1, -0.05) is 30.3 Å². The highest BCUT2D eigenvalue weighted by molar-refractivity contribution is 5.26. The minimum Gasteiger partial charge on any atom is -0.390 e. The highest BCUT2D eigenvalue weighted by Crippen LogP contribution is 2.38. The molecule has 0 aliphatic heterocycles. The summed E-state index contributed by atoms with van der Waals surface area (Å²) in [7, 11) is 0. The second kappa shape index (κ2) is 3.65. The van der Waals surface area contributed by atoms with E-state index in [2.05, 4.69) is 0 Å². The molecule has 78 valence electrons. The maximum Gasteiger partial charge on any atom is 0.279 e. The zero-order valence-corrected chi connectivity index (χ0v) is 8.30. The van der Waals surface area contributed by atoms with E-state index >= 15 is 0 Å². The Kier molecular flexibility index (Phi) is 2.90. The molecule has 0 saturated heterocycles. The zero-order valence-electron chi connectivity index (χ0n) is 8.30. The Morgan fingerprint density at radius 1 is 1.14 bits per heavy atom. The number of hydrogen-bond donors (Lipinski definition) is 1. The van der Waals surface area contributed by atoms with Crippen molar-refractivity contribution in [3.05, 3.63) is 35.9 Å². The van der Waals surface area contributed by atoms with Crippen LogP contribution in [0.1, 0.15) is 19.4 Å². The van der Waals surface area contributed by atoms with Gasteiger partial charge in [0.25, 0.3) is 5.92 Å². The van der Waals surface area contributed by atoms with Gasteiger partial charge in [0.2, 0.25) is 0 Å². The normalized spacial score (nSPS) is 12.9. The van der Waals surface area contributed by atoms with E-state index in [0.717, 1.165) is 0 Å². The fourth-order valence-corrected chi connectivity index (χ4v) is 1.26. The number of aliphatic hydroxyl groups is 1. The van der Waals surface area contributed by atoms with Crippen molar-refractivity contribution in [3.63, 3.8) is 0 Å². The molecule has 0 radical (unpaired) electrons. The van der Waals surface area contributed by atoms with Gasteiger partial charge in [0.15, 0.2) is 0 Å². The van der Waals surface area contributed by atoms with Crippen molar-refractivity contribution in [1.82, 2.24) is 0 Å². The first-order valence-corrected chi connectivity index (χ1v) is 4.46. The molecule has 1 aromatic carbocycles. The summed E-state index contributed by atoms with van der Waals surface area (Å²) >= 11 is 0. The summed E-state index contributed by atoms with van der Waals surface area (Å²) in [5.74, 6) is -3.10. The van der Waals surface area contributed by atoms with Gasteiger partial charge in [-0.3, -0.25) is 0 Å². The third kappa shape index (κ3) is 1.77. The van der Waals surface area contributed by atoms with Gasteiger partial charge in [0, 0.05) is 0 Å². The molecule has 0 atom stereocenters. The molecule has 0 amide bonds. The van der Waals surface area contributed by atoms with Gasteiger partial charge >= 0.3 is 0 Å². The quantitative estimate of drug-likeness (QED) is 0.795. The van der Waals surface area contributed by atoms with Gasteiger partial charge in [0.05, 0.1) is 5.41 Å². The van der Waals surface area contributed by atoms with Crippen LogP contribution >= 0.6 is 0 Å². The first-order chi connectivity index (χ1) is 6.42. The van der Waals surface area contributed by atoms with Crippen LogP contribution in [0.2, 0.25) is 0 Å². The maximum atomic E-state index is 13.4. The third-order valence-electron chi connectivity index (χ3n) is 2.61. The Labute approximate surface area is 82.4 Å². The van der Waals surface area contributed by atoms with Crippen LogP contribution in [0.25, 0.3) is 0 Å². The molecule has 0 spiro atoms. The van der Waals surface area contributed by atoms with Crippen LogP contribution < -0.4 is 0 Å². The predicted molar refractivity (Wildman–Crippen MR) is 51.5 cm³/mol. The van der Waals surface area contributed by atoms with Gasteiger partial charge in [-0.15, -0.1) is 0 Å². The van der Waals surface area contributed by atoms with Crippen molar-refractivity contribution < 1.29 is 13.9 Å². The van der Waals surface area contributed by atoms with Gasteiger partial charge in [-0.2, -0.15) is 0 Å². The molecule has 1 aromatic rings. The molecule has 3 heteroatoms. The van der Waals surface area contributed by atoms with Crippen LogP contribution in [-0.2, 0) is 5.41 Å². The van der Waals surface area contributed by atoms with E-state index in [1.54, 1.807) is 30.3 Å². The van der Waals surface area contributed by atoms with Crippen LogP contribution in [0.3, 0.4) is 0 Å². The van der Waals surface area contributed by atoms with Crippen LogP contribution in [0.5, 0.6) is 0 Å². The highest BCUT2D eigenvalue weighted by Gasteiger charge is 2.46. The molecule has 14 heavy (non-hydrogen) atoms. The summed E-state index contributed by atoms with van der Waals surface area (Å²) in [6, 6.07) is 8.49. The van der Waals surface area contributed by atoms with Gasteiger partial charge < -0.3 is 5.11 Å². The van der Waals surface area contributed by atoms with E-state index in [0.29, 0.717) is 5.56 Å². The van der Waals surface area contributed by atoms with Gasteiger partial charge in [0.1, 0.15) is 6.61 Å². The largest absolute Gasteiger partial charge is 0.390 e. The molecule has 0 bridgehead atoms. The SMILES string of the molecule is CC(C)(c1ccccc1)C(F)(F)CO. The Bertz CT molecular complexity index is 293. The third-order valence-corrected chi connectivity index (χ3v) is 2.61. The summed E-state index contributed by atoms with van der Waals surface area (Å²) in [5.41, 5.74) is -0.817. The number of hydrogen-bond acceptors (Lipinski definition) is 1. The predicted octanol–water partition coefficient (Wildman–Crippen LogP) is 2.59. The number of halogens is 2. The molecule has 0 saturated carbocycles. The molecule has 0 aliphatic carbocycles. The molecule has 0 heterocycles. The molecular formula is C11H14F2O.